The second-order valence-electron chi connectivity index (χ2n) is 7.41. The Morgan fingerprint density at radius 3 is 2.79 bits per heavy atom. The van der Waals surface area contributed by atoms with Crippen LogP contribution in [0, 0.1) is 6.92 Å². The zero-order chi connectivity index (χ0) is 19.7. The molecule has 3 aromatic heterocycles. The summed E-state index contributed by atoms with van der Waals surface area (Å²) < 4.78 is 0. The molecule has 7 nitrogen and oxygen atoms in total. The highest BCUT2D eigenvalue weighted by Gasteiger charge is 2.24. The molecule has 4 heterocycles. The smallest absolute Gasteiger partial charge is 0.228 e. The fraction of sp³-hybridized carbons (Fsp3) is 0.450. The molecule has 3 aromatic rings. The van der Waals surface area contributed by atoms with Gasteiger partial charge in [-0.2, -0.15) is 0 Å². The van der Waals surface area contributed by atoms with Crippen LogP contribution in [0.2, 0.25) is 0 Å². The quantitative estimate of drug-likeness (QED) is 0.675. The van der Waals surface area contributed by atoms with Crippen molar-refractivity contribution in [1.82, 2.24) is 30.0 Å². The molecule has 28 heavy (non-hydrogen) atoms. The first-order valence-corrected chi connectivity index (χ1v) is 10.3. The van der Waals surface area contributed by atoms with Crippen LogP contribution in [-0.4, -0.2) is 69.1 Å². The predicted octanol–water partition coefficient (Wildman–Crippen LogP) is 2.55. The number of likely N-dealkylation sites (tertiary alicyclic amines) is 1. The maximum atomic E-state index is 12.8. The van der Waals surface area contributed by atoms with E-state index in [1.165, 1.54) is 11.3 Å². The molecule has 0 unspecified atom stereocenters. The van der Waals surface area contributed by atoms with E-state index in [1.807, 2.05) is 37.1 Å². The number of aromatic nitrogens is 4. The van der Waals surface area contributed by atoms with Gasteiger partial charge in [0.1, 0.15) is 10.7 Å². The van der Waals surface area contributed by atoms with Gasteiger partial charge in [-0.05, 0) is 58.1 Å². The number of amides is 1. The number of carbonyl (C=O) groups excluding carboxylic acids is 1. The van der Waals surface area contributed by atoms with Crippen molar-refractivity contribution in [2.45, 2.75) is 32.2 Å². The zero-order valence-electron chi connectivity index (χ0n) is 16.4. The van der Waals surface area contributed by atoms with Crippen molar-refractivity contribution in [3.63, 3.8) is 0 Å². The summed E-state index contributed by atoms with van der Waals surface area (Å²) in [5.41, 5.74) is 2.37. The Balaban J connectivity index is 1.51. The first-order chi connectivity index (χ1) is 13.5. The van der Waals surface area contributed by atoms with Crippen molar-refractivity contribution in [2.24, 2.45) is 0 Å². The molecule has 0 spiro atoms. The lowest BCUT2D eigenvalue weighted by molar-refractivity contribution is -0.132. The molecular formula is C20H24N6OS. The summed E-state index contributed by atoms with van der Waals surface area (Å²) in [6, 6.07) is 6.14. The second kappa shape index (κ2) is 7.89. The monoisotopic (exact) mass is 396 g/mol. The molecule has 1 aliphatic rings. The average molecular weight is 397 g/mol. The minimum Gasteiger partial charge on any atom is -0.342 e. The van der Waals surface area contributed by atoms with Gasteiger partial charge in [-0.25, -0.2) is 4.98 Å². The Hall–Kier alpha value is -2.45. The first kappa shape index (κ1) is 18.9. The molecular weight excluding hydrogens is 372 g/mol. The topological polar surface area (TPSA) is 75.1 Å². The van der Waals surface area contributed by atoms with Gasteiger partial charge in [0.05, 0.1) is 17.6 Å². The van der Waals surface area contributed by atoms with E-state index in [9.17, 15) is 4.79 Å². The van der Waals surface area contributed by atoms with Crippen LogP contribution in [0.15, 0.2) is 24.4 Å². The van der Waals surface area contributed by atoms with Crippen LogP contribution in [0.3, 0.4) is 0 Å². The summed E-state index contributed by atoms with van der Waals surface area (Å²) in [4.78, 5) is 26.1. The number of nitrogens with zero attached hydrogens (tertiary/aromatic N) is 6. The van der Waals surface area contributed by atoms with E-state index in [0.29, 0.717) is 12.5 Å². The largest absolute Gasteiger partial charge is 0.342 e. The lowest BCUT2D eigenvalue weighted by atomic mass is 10.0. The van der Waals surface area contributed by atoms with E-state index in [2.05, 4.69) is 27.1 Å². The van der Waals surface area contributed by atoms with Crippen LogP contribution in [0.1, 0.15) is 23.5 Å². The van der Waals surface area contributed by atoms with E-state index in [0.717, 1.165) is 58.2 Å². The summed E-state index contributed by atoms with van der Waals surface area (Å²) in [6.45, 7) is 4.00. The SMILES string of the molecule is Cc1nnc(-c2ccc3cnc(CC(=O)N(C)C4CCN(C)CC4)cc3n2)s1. The van der Waals surface area contributed by atoms with Crippen LogP contribution in [-0.2, 0) is 11.2 Å². The lowest BCUT2D eigenvalue weighted by Gasteiger charge is -2.35. The van der Waals surface area contributed by atoms with E-state index < -0.39 is 0 Å². The third-order valence-corrected chi connectivity index (χ3v) is 6.20. The van der Waals surface area contributed by atoms with Gasteiger partial charge in [0.25, 0.3) is 0 Å². The maximum Gasteiger partial charge on any atom is 0.228 e. The number of piperidine rings is 1. The van der Waals surface area contributed by atoms with Gasteiger partial charge in [0, 0.05) is 24.7 Å². The molecule has 0 radical (unpaired) electrons. The molecule has 1 amide bonds. The molecule has 4 rings (SSSR count). The number of carbonyl (C=O) groups is 1. The summed E-state index contributed by atoms with van der Waals surface area (Å²) in [6.07, 6.45) is 4.13. The van der Waals surface area contributed by atoms with Crippen molar-refractivity contribution in [2.75, 3.05) is 27.2 Å². The van der Waals surface area contributed by atoms with E-state index in [-0.39, 0.29) is 5.91 Å². The third kappa shape index (κ3) is 4.02. The van der Waals surface area contributed by atoms with Gasteiger partial charge in [-0.1, -0.05) is 11.3 Å². The molecule has 1 saturated heterocycles. The van der Waals surface area contributed by atoms with Crippen LogP contribution >= 0.6 is 11.3 Å². The molecule has 0 bridgehead atoms. The minimum absolute atomic E-state index is 0.109. The third-order valence-electron chi connectivity index (χ3n) is 5.34. The van der Waals surface area contributed by atoms with Gasteiger partial charge in [0.2, 0.25) is 5.91 Å². The Bertz CT molecular complexity index is 995. The Morgan fingerprint density at radius 2 is 2.07 bits per heavy atom. The molecule has 0 N–H and O–H groups in total. The number of hydrogen-bond acceptors (Lipinski definition) is 7. The molecule has 0 aliphatic carbocycles. The van der Waals surface area contributed by atoms with Gasteiger partial charge in [-0.15, -0.1) is 10.2 Å². The first-order valence-electron chi connectivity index (χ1n) is 9.50. The maximum absolute atomic E-state index is 12.8. The Morgan fingerprint density at radius 1 is 1.29 bits per heavy atom. The number of rotatable bonds is 4. The van der Waals surface area contributed by atoms with E-state index in [1.54, 1.807) is 6.20 Å². The summed E-state index contributed by atoms with van der Waals surface area (Å²) >= 11 is 1.52. The summed E-state index contributed by atoms with van der Waals surface area (Å²) in [5.74, 6) is 0.109. The fourth-order valence-corrected chi connectivity index (χ4v) is 4.20. The van der Waals surface area contributed by atoms with E-state index in [4.69, 9.17) is 4.98 Å². The second-order valence-corrected chi connectivity index (χ2v) is 8.59. The number of likely N-dealkylation sites (N-methyl/N-ethyl adjacent to an activating group) is 1. The minimum atomic E-state index is 0.109. The Kier molecular flexibility index (Phi) is 5.32. The molecule has 8 heteroatoms. The van der Waals surface area contributed by atoms with Crippen molar-refractivity contribution in [1.29, 1.82) is 0 Å². The van der Waals surface area contributed by atoms with Crippen LogP contribution < -0.4 is 0 Å². The number of pyridine rings is 2. The molecule has 0 atom stereocenters. The highest BCUT2D eigenvalue weighted by molar-refractivity contribution is 7.14. The fourth-order valence-electron chi connectivity index (χ4n) is 3.54. The van der Waals surface area contributed by atoms with Gasteiger partial charge >= 0.3 is 0 Å². The van der Waals surface area contributed by atoms with Crippen molar-refractivity contribution in [3.05, 3.63) is 35.1 Å². The molecule has 0 saturated carbocycles. The highest BCUT2D eigenvalue weighted by Crippen LogP contribution is 2.24. The van der Waals surface area contributed by atoms with Gasteiger partial charge < -0.3 is 9.80 Å². The molecule has 0 aromatic carbocycles. The van der Waals surface area contributed by atoms with Crippen LogP contribution in [0.5, 0.6) is 0 Å². The van der Waals surface area contributed by atoms with Crippen LogP contribution in [0.25, 0.3) is 21.6 Å². The summed E-state index contributed by atoms with van der Waals surface area (Å²) in [5, 5.41) is 10.9. The summed E-state index contributed by atoms with van der Waals surface area (Å²) in [7, 11) is 4.04. The van der Waals surface area contributed by atoms with Gasteiger partial charge in [0.15, 0.2) is 5.01 Å². The van der Waals surface area contributed by atoms with Crippen molar-refractivity contribution in [3.8, 4) is 10.7 Å². The van der Waals surface area contributed by atoms with E-state index >= 15 is 0 Å². The average Bonchev–Trinajstić information content (AvgIpc) is 3.14. The molecule has 1 aliphatic heterocycles. The van der Waals surface area contributed by atoms with Crippen molar-refractivity contribution < 1.29 is 4.79 Å². The Labute approximate surface area is 168 Å². The number of fused-ring (bicyclic) bond motifs is 1. The number of aryl methyl sites for hydroxylation is 1. The molecule has 146 valence electrons. The molecule has 1 fully saturated rings. The lowest BCUT2D eigenvalue weighted by Crippen LogP contribution is -2.45. The predicted molar refractivity (Wildman–Crippen MR) is 110 cm³/mol. The van der Waals surface area contributed by atoms with Crippen molar-refractivity contribution >= 4 is 28.1 Å². The standard InChI is InChI=1S/C20H24N6OS/c1-13-23-24-20(28-13)17-5-4-14-12-21-15(10-18(14)22-17)11-19(27)26(3)16-6-8-25(2)9-7-16/h4-5,10,12,16H,6-9,11H2,1-3H3. The normalized spacial score (nSPS) is 15.8. The highest BCUT2D eigenvalue weighted by atomic mass is 32.1. The van der Waals surface area contributed by atoms with Crippen LogP contribution in [0.4, 0.5) is 0 Å². The number of hydrogen-bond donors (Lipinski definition) is 0. The zero-order valence-corrected chi connectivity index (χ0v) is 17.2. The van der Waals surface area contributed by atoms with Gasteiger partial charge in [-0.3, -0.25) is 9.78 Å².